The normalized spacial score (nSPS) is 23.0. The van der Waals surface area contributed by atoms with Crippen molar-refractivity contribution in [1.29, 1.82) is 0 Å². The second kappa shape index (κ2) is 4.12. The van der Waals surface area contributed by atoms with Crippen LogP contribution < -0.4 is 5.32 Å². The van der Waals surface area contributed by atoms with Crippen molar-refractivity contribution < 1.29 is 0 Å². The summed E-state index contributed by atoms with van der Waals surface area (Å²) < 4.78 is 0. The van der Waals surface area contributed by atoms with Gasteiger partial charge in [-0.1, -0.05) is 29.8 Å². The van der Waals surface area contributed by atoms with Crippen LogP contribution in [0.5, 0.6) is 0 Å². The van der Waals surface area contributed by atoms with Crippen molar-refractivity contribution in [1.82, 2.24) is 5.32 Å². The van der Waals surface area contributed by atoms with Crippen molar-refractivity contribution in [2.24, 2.45) is 0 Å². The number of benzene rings is 1. The van der Waals surface area contributed by atoms with E-state index >= 15 is 0 Å². The quantitative estimate of drug-likeness (QED) is 0.727. The summed E-state index contributed by atoms with van der Waals surface area (Å²) >= 11 is 6.13. The highest BCUT2D eigenvalue weighted by molar-refractivity contribution is 6.31. The van der Waals surface area contributed by atoms with Gasteiger partial charge in [-0.15, -0.1) is 0 Å². The Kier molecular flexibility index (Phi) is 2.87. The maximum Gasteiger partial charge on any atom is 0.0441 e. The summed E-state index contributed by atoms with van der Waals surface area (Å²) in [7, 11) is 0. The first-order chi connectivity index (χ1) is 6.38. The zero-order valence-electron chi connectivity index (χ0n) is 7.59. The minimum absolute atomic E-state index is 0.613. The second-order valence-corrected chi connectivity index (χ2v) is 3.97. The highest BCUT2D eigenvalue weighted by Crippen LogP contribution is 2.28. The summed E-state index contributed by atoms with van der Waals surface area (Å²) in [6, 6.07) is 8.17. The molecular formula is C11H14ClN. The summed E-state index contributed by atoms with van der Waals surface area (Å²) in [5.41, 5.74) is 1.30. The highest BCUT2D eigenvalue weighted by atomic mass is 35.5. The molecule has 0 spiro atoms. The molecule has 0 radical (unpaired) electrons. The summed E-state index contributed by atoms with van der Waals surface area (Å²) in [5, 5.41) is 4.32. The molecule has 1 nitrogen and oxygen atoms in total. The molecular weight excluding hydrogens is 182 g/mol. The Labute approximate surface area is 84.1 Å². The van der Waals surface area contributed by atoms with Gasteiger partial charge in [0.05, 0.1) is 0 Å². The molecule has 0 bridgehead atoms. The molecule has 13 heavy (non-hydrogen) atoms. The van der Waals surface area contributed by atoms with Gasteiger partial charge in [0, 0.05) is 11.6 Å². The lowest BCUT2D eigenvalue weighted by Gasteiger charge is -2.23. The van der Waals surface area contributed by atoms with Gasteiger partial charge in [-0.3, -0.25) is 0 Å². The Balaban J connectivity index is 2.18. The molecule has 1 aromatic rings. The molecule has 2 rings (SSSR count). The molecule has 1 saturated heterocycles. The van der Waals surface area contributed by atoms with Gasteiger partial charge in [0.1, 0.15) is 0 Å². The molecule has 70 valence electrons. The van der Waals surface area contributed by atoms with E-state index in [2.05, 4.69) is 17.4 Å². The molecule has 1 atom stereocenters. The first-order valence-electron chi connectivity index (χ1n) is 4.83. The fourth-order valence-corrected chi connectivity index (χ4v) is 2.21. The van der Waals surface area contributed by atoms with E-state index in [1.165, 1.54) is 18.4 Å². The Hall–Kier alpha value is -0.530. The van der Waals surface area contributed by atoms with Gasteiger partial charge in [-0.25, -0.2) is 0 Å². The van der Waals surface area contributed by atoms with Gasteiger partial charge < -0.3 is 5.32 Å². The maximum atomic E-state index is 6.13. The van der Waals surface area contributed by atoms with E-state index in [0.717, 1.165) is 18.1 Å². The summed E-state index contributed by atoms with van der Waals surface area (Å²) in [6.07, 6.45) is 2.52. The SMILES string of the molecule is Clc1ccccc1[C@H]1CCCNC1. The van der Waals surface area contributed by atoms with Crippen molar-refractivity contribution >= 4 is 11.6 Å². The van der Waals surface area contributed by atoms with Crippen LogP contribution in [0.15, 0.2) is 24.3 Å². The van der Waals surface area contributed by atoms with Crippen molar-refractivity contribution in [2.45, 2.75) is 18.8 Å². The molecule has 1 heterocycles. The van der Waals surface area contributed by atoms with Gasteiger partial charge >= 0.3 is 0 Å². The standard InChI is InChI=1S/C11H14ClN/c12-11-6-2-1-5-10(11)9-4-3-7-13-8-9/h1-2,5-6,9,13H,3-4,7-8H2/t9-/m0/s1. The minimum Gasteiger partial charge on any atom is -0.316 e. The first kappa shape index (κ1) is 9.04. The molecule has 1 aliphatic rings. The van der Waals surface area contributed by atoms with Gasteiger partial charge in [-0.05, 0) is 36.9 Å². The van der Waals surface area contributed by atoms with Crippen LogP contribution in [0.2, 0.25) is 5.02 Å². The Morgan fingerprint density at radius 2 is 2.15 bits per heavy atom. The van der Waals surface area contributed by atoms with Gasteiger partial charge in [0.2, 0.25) is 0 Å². The molecule has 0 amide bonds. The maximum absolute atomic E-state index is 6.13. The van der Waals surface area contributed by atoms with Crippen LogP contribution in [0.4, 0.5) is 0 Å². The number of rotatable bonds is 1. The van der Waals surface area contributed by atoms with E-state index in [9.17, 15) is 0 Å². The third-order valence-electron chi connectivity index (χ3n) is 2.64. The van der Waals surface area contributed by atoms with Crippen LogP contribution in [-0.4, -0.2) is 13.1 Å². The summed E-state index contributed by atoms with van der Waals surface area (Å²) in [5.74, 6) is 0.613. The first-order valence-corrected chi connectivity index (χ1v) is 5.21. The molecule has 1 aliphatic heterocycles. The zero-order valence-corrected chi connectivity index (χ0v) is 8.35. The van der Waals surface area contributed by atoms with Crippen LogP contribution in [0, 0.1) is 0 Å². The van der Waals surface area contributed by atoms with Gasteiger partial charge in [0.15, 0.2) is 0 Å². The van der Waals surface area contributed by atoms with Gasteiger partial charge in [-0.2, -0.15) is 0 Å². The van der Waals surface area contributed by atoms with E-state index in [1.54, 1.807) is 0 Å². The molecule has 1 fully saturated rings. The summed E-state index contributed by atoms with van der Waals surface area (Å²) in [6.45, 7) is 2.23. The van der Waals surface area contributed by atoms with Crippen LogP contribution in [0.3, 0.4) is 0 Å². The van der Waals surface area contributed by atoms with Gasteiger partial charge in [0.25, 0.3) is 0 Å². The Bertz CT molecular complexity index is 279. The smallest absolute Gasteiger partial charge is 0.0441 e. The van der Waals surface area contributed by atoms with Crippen molar-refractivity contribution in [3.05, 3.63) is 34.9 Å². The Morgan fingerprint density at radius 3 is 2.85 bits per heavy atom. The predicted molar refractivity (Wildman–Crippen MR) is 56.3 cm³/mol. The molecule has 1 N–H and O–H groups in total. The lowest BCUT2D eigenvalue weighted by molar-refractivity contribution is 0.462. The molecule has 0 saturated carbocycles. The largest absolute Gasteiger partial charge is 0.316 e. The van der Waals surface area contributed by atoms with Crippen LogP contribution in [-0.2, 0) is 0 Å². The number of hydrogen-bond acceptors (Lipinski definition) is 1. The van der Waals surface area contributed by atoms with Crippen molar-refractivity contribution in [2.75, 3.05) is 13.1 Å². The van der Waals surface area contributed by atoms with E-state index in [4.69, 9.17) is 11.6 Å². The van der Waals surface area contributed by atoms with Crippen molar-refractivity contribution in [3.8, 4) is 0 Å². The van der Waals surface area contributed by atoms with E-state index in [0.29, 0.717) is 5.92 Å². The van der Waals surface area contributed by atoms with E-state index < -0.39 is 0 Å². The fraction of sp³-hybridized carbons (Fsp3) is 0.455. The van der Waals surface area contributed by atoms with Crippen LogP contribution in [0.25, 0.3) is 0 Å². The Morgan fingerprint density at radius 1 is 1.31 bits per heavy atom. The minimum atomic E-state index is 0.613. The third-order valence-corrected chi connectivity index (χ3v) is 2.99. The predicted octanol–water partition coefficient (Wildman–Crippen LogP) is 2.81. The second-order valence-electron chi connectivity index (χ2n) is 3.56. The number of nitrogens with one attached hydrogen (secondary N) is 1. The van der Waals surface area contributed by atoms with Crippen LogP contribution >= 0.6 is 11.6 Å². The average Bonchev–Trinajstić information content (AvgIpc) is 2.20. The third kappa shape index (κ3) is 2.04. The highest BCUT2D eigenvalue weighted by Gasteiger charge is 2.16. The monoisotopic (exact) mass is 195 g/mol. The number of halogens is 1. The van der Waals surface area contributed by atoms with Crippen LogP contribution in [0.1, 0.15) is 24.3 Å². The molecule has 1 aromatic carbocycles. The molecule has 0 aliphatic carbocycles. The lowest BCUT2D eigenvalue weighted by atomic mass is 9.92. The van der Waals surface area contributed by atoms with E-state index in [1.807, 2.05) is 12.1 Å². The zero-order chi connectivity index (χ0) is 9.10. The number of hydrogen-bond donors (Lipinski definition) is 1. The fourth-order valence-electron chi connectivity index (χ4n) is 1.92. The molecule has 0 aromatic heterocycles. The average molecular weight is 196 g/mol. The summed E-state index contributed by atoms with van der Waals surface area (Å²) in [4.78, 5) is 0. The molecule has 0 unspecified atom stereocenters. The topological polar surface area (TPSA) is 12.0 Å². The van der Waals surface area contributed by atoms with Crippen molar-refractivity contribution in [3.63, 3.8) is 0 Å². The number of piperidine rings is 1. The van der Waals surface area contributed by atoms with E-state index in [-0.39, 0.29) is 0 Å². The lowest BCUT2D eigenvalue weighted by Crippen LogP contribution is -2.28. The molecule has 2 heteroatoms.